The predicted molar refractivity (Wildman–Crippen MR) is 80.1 cm³/mol. The van der Waals surface area contributed by atoms with Crippen LogP contribution >= 0.6 is 0 Å². The zero-order valence-corrected chi connectivity index (χ0v) is 12.5. The average molecular weight is 261 g/mol. The van der Waals surface area contributed by atoms with E-state index in [0.29, 0.717) is 12.0 Å². The highest BCUT2D eigenvalue weighted by molar-refractivity contribution is 5.17. The Balaban J connectivity index is 1.99. The first-order chi connectivity index (χ1) is 9.19. The molecule has 2 heterocycles. The first-order valence-electron chi connectivity index (χ1n) is 7.55. The molecule has 0 amide bonds. The van der Waals surface area contributed by atoms with Crippen LogP contribution in [0.3, 0.4) is 0 Å². The summed E-state index contributed by atoms with van der Waals surface area (Å²) in [6.07, 6.45) is 4.38. The maximum absolute atomic E-state index is 4.53. The number of nitrogens with zero attached hydrogens (tertiary/aromatic N) is 2. The van der Waals surface area contributed by atoms with E-state index in [2.05, 4.69) is 42.0 Å². The van der Waals surface area contributed by atoms with Crippen molar-refractivity contribution >= 4 is 0 Å². The number of aryl methyl sites for hydroxylation is 1. The Morgan fingerprint density at radius 1 is 1.47 bits per heavy atom. The molecule has 3 nitrogen and oxygen atoms in total. The summed E-state index contributed by atoms with van der Waals surface area (Å²) < 4.78 is 0. The summed E-state index contributed by atoms with van der Waals surface area (Å²) in [5.41, 5.74) is 2.54. The maximum Gasteiger partial charge on any atom is 0.0573 e. The van der Waals surface area contributed by atoms with Crippen LogP contribution in [0, 0.1) is 12.8 Å². The third-order valence-corrected chi connectivity index (χ3v) is 4.10. The fraction of sp³-hybridized carbons (Fsp3) is 0.688. The minimum absolute atomic E-state index is 0.676. The van der Waals surface area contributed by atoms with Crippen molar-refractivity contribution in [3.05, 3.63) is 29.6 Å². The average Bonchev–Trinajstić information content (AvgIpc) is 2.39. The topological polar surface area (TPSA) is 28.2 Å². The summed E-state index contributed by atoms with van der Waals surface area (Å²) in [6, 6.07) is 4.85. The molecule has 0 aliphatic carbocycles. The standard InChI is InChI=1S/C16H27N3/c1-4-15-7-9-19(11-13(2)10-18-15)12-16-14(3)6-5-8-17-16/h5-6,8,13,15,18H,4,7,9-12H2,1-3H3. The lowest BCUT2D eigenvalue weighted by Crippen LogP contribution is -2.43. The smallest absolute Gasteiger partial charge is 0.0573 e. The second kappa shape index (κ2) is 7.01. The van der Waals surface area contributed by atoms with E-state index in [1.807, 2.05) is 12.3 Å². The van der Waals surface area contributed by atoms with Crippen molar-refractivity contribution < 1.29 is 0 Å². The molecule has 106 valence electrons. The molecule has 2 unspecified atom stereocenters. The van der Waals surface area contributed by atoms with Gasteiger partial charge in [0.25, 0.3) is 0 Å². The summed E-state index contributed by atoms with van der Waals surface area (Å²) in [4.78, 5) is 7.11. The van der Waals surface area contributed by atoms with Crippen LogP contribution in [0.15, 0.2) is 18.3 Å². The van der Waals surface area contributed by atoms with Gasteiger partial charge in [-0.25, -0.2) is 0 Å². The number of aromatic nitrogens is 1. The fourth-order valence-electron chi connectivity index (χ4n) is 2.79. The van der Waals surface area contributed by atoms with Gasteiger partial charge in [-0.3, -0.25) is 9.88 Å². The molecule has 1 N–H and O–H groups in total. The summed E-state index contributed by atoms with van der Waals surface area (Å²) in [5.74, 6) is 0.707. The molecule has 0 bridgehead atoms. The van der Waals surface area contributed by atoms with E-state index >= 15 is 0 Å². The Morgan fingerprint density at radius 3 is 3.05 bits per heavy atom. The van der Waals surface area contributed by atoms with E-state index in [4.69, 9.17) is 0 Å². The van der Waals surface area contributed by atoms with Gasteiger partial charge in [-0.05, 0) is 43.9 Å². The van der Waals surface area contributed by atoms with Crippen molar-refractivity contribution in [2.75, 3.05) is 19.6 Å². The van der Waals surface area contributed by atoms with E-state index in [-0.39, 0.29) is 0 Å². The van der Waals surface area contributed by atoms with Crippen LogP contribution in [0.5, 0.6) is 0 Å². The van der Waals surface area contributed by atoms with Gasteiger partial charge in [0.05, 0.1) is 5.69 Å². The molecule has 0 saturated carbocycles. The van der Waals surface area contributed by atoms with Crippen molar-refractivity contribution in [1.82, 2.24) is 15.2 Å². The highest BCUT2D eigenvalue weighted by atomic mass is 15.1. The molecule has 2 atom stereocenters. The quantitative estimate of drug-likeness (QED) is 0.906. The van der Waals surface area contributed by atoms with Gasteiger partial charge in [0.2, 0.25) is 0 Å². The van der Waals surface area contributed by atoms with E-state index in [0.717, 1.165) is 13.1 Å². The fourth-order valence-corrected chi connectivity index (χ4v) is 2.79. The zero-order valence-electron chi connectivity index (χ0n) is 12.5. The normalized spacial score (nSPS) is 25.8. The molecule has 19 heavy (non-hydrogen) atoms. The van der Waals surface area contributed by atoms with Gasteiger partial charge < -0.3 is 5.32 Å². The molecule has 1 aromatic heterocycles. The Kier molecular flexibility index (Phi) is 5.34. The van der Waals surface area contributed by atoms with E-state index < -0.39 is 0 Å². The summed E-state index contributed by atoms with van der Waals surface area (Å²) in [5, 5.41) is 3.67. The largest absolute Gasteiger partial charge is 0.314 e. The van der Waals surface area contributed by atoms with Crippen molar-refractivity contribution in [3.8, 4) is 0 Å². The Hall–Kier alpha value is -0.930. The van der Waals surface area contributed by atoms with E-state index in [1.165, 1.54) is 37.2 Å². The Morgan fingerprint density at radius 2 is 2.32 bits per heavy atom. The molecule has 0 aromatic carbocycles. The number of rotatable bonds is 3. The van der Waals surface area contributed by atoms with Gasteiger partial charge in [0, 0.05) is 31.9 Å². The second-order valence-electron chi connectivity index (χ2n) is 5.91. The van der Waals surface area contributed by atoms with Crippen LogP contribution in [0.2, 0.25) is 0 Å². The lowest BCUT2D eigenvalue weighted by molar-refractivity contribution is 0.188. The Labute approximate surface area is 117 Å². The molecule has 1 aliphatic rings. The number of nitrogens with one attached hydrogen (secondary N) is 1. The highest BCUT2D eigenvalue weighted by Crippen LogP contribution is 2.13. The molecule has 0 spiro atoms. The summed E-state index contributed by atoms with van der Waals surface area (Å²) in [7, 11) is 0. The predicted octanol–water partition coefficient (Wildman–Crippen LogP) is 2.60. The minimum atomic E-state index is 0.676. The van der Waals surface area contributed by atoms with Crippen molar-refractivity contribution in [3.63, 3.8) is 0 Å². The van der Waals surface area contributed by atoms with Gasteiger partial charge in [0.1, 0.15) is 0 Å². The molecule has 1 aromatic rings. The first kappa shape index (κ1) is 14.5. The van der Waals surface area contributed by atoms with E-state index in [9.17, 15) is 0 Å². The number of hydrogen-bond donors (Lipinski definition) is 1. The molecule has 2 rings (SSSR count). The third kappa shape index (κ3) is 4.29. The van der Waals surface area contributed by atoms with Crippen LogP contribution in [0.4, 0.5) is 0 Å². The highest BCUT2D eigenvalue weighted by Gasteiger charge is 2.18. The van der Waals surface area contributed by atoms with Crippen molar-refractivity contribution in [2.24, 2.45) is 5.92 Å². The van der Waals surface area contributed by atoms with Gasteiger partial charge in [-0.15, -0.1) is 0 Å². The van der Waals surface area contributed by atoms with Gasteiger partial charge in [-0.2, -0.15) is 0 Å². The SMILES string of the molecule is CCC1CCN(Cc2ncccc2C)CC(C)CN1. The van der Waals surface area contributed by atoms with Crippen LogP contribution < -0.4 is 5.32 Å². The minimum Gasteiger partial charge on any atom is -0.314 e. The van der Waals surface area contributed by atoms with Crippen molar-refractivity contribution in [2.45, 2.75) is 46.2 Å². The third-order valence-electron chi connectivity index (χ3n) is 4.10. The summed E-state index contributed by atoms with van der Waals surface area (Å²) in [6.45, 7) is 11.2. The molecular formula is C16H27N3. The maximum atomic E-state index is 4.53. The van der Waals surface area contributed by atoms with Crippen LogP contribution in [0.1, 0.15) is 37.9 Å². The second-order valence-corrected chi connectivity index (χ2v) is 5.91. The van der Waals surface area contributed by atoms with E-state index in [1.54, 1.807) is 0 Å². The monoisotopic (exact) mass is 261 g/mol. The summed E-state index contributed by atoms with van der Waals surface area (Å²) >= 11 is 0. The molecule has 1 fully saturated rings. The molecule has 1 aliphatic heterocycles. The lowest BCUT2D eigenvalue weighted by atomic mass is 10.0. The van der Waals surface area contributed by atoms with Crippen molar-refractivity contribution in [1.29, 1.82) is 0 Å². The number of hydrogen-bond acceptors (Lipinski definition) is 3. The van der Waals surface area contributed by atoms with Gasteiger partial charge in [0.15, 0.2) is 0 Å². The van der Waals surface area contributed by atoms with Gasteiger partial charge in [-0.1, -0.05) is 19.9 Å². The van der Waals surface area contributed by atoms with Crippen LogP contribution in [0.25, 0.3) is 0 Å². The molecule has 0 radical (unpaired) electrons. The Bertz CT molecular complexity index is 391. The van der Waals surface area contributed by atoms with Gasteiger partial charge >= 0.3 is 0 Å². The lowest BCUT2D eigenvalue weighted by Gasteiger charge is -2.32. The molecular weight excluding hydrogens is 234 g/mol. The molecule has 3 heteroatoms. The zero-order chi connectivity index (χ0) is 13.7. The first-order valence-corrected chi connectivity index (χ1v) is 7.55. The van der Waals surface area contributed by atoms with Crippen LogP contribution in [-0.4, -0.2) is 35.6 Å². The molecule has 1 saturated heterocycles. The number of pyridine rings is 1. The van der Waals surface area contributed by atoms with Crippen LogP contribution in [-0.2, 0) is 6.54 Å².